The molecule has 49 heavy (non-hydrogen) atoms. The number of cyclic esters (lactones) is 1. The van der Waals surface area contributed by atoms with E-state index in [0.717, 1.165) is 5.57 Å². The van der Waals surface area contributed by atoms with Gasteiger partial charge in [0.15, 0.2) is 12.6 Å². The molecule has 3 fully saturated rings. The van der Waals surface area contributed by atoms with Crippen LogP contribution in [0.2, 0.25) is 0 Å². The molecular formula is C36H63NO12. The molecule has 5 unspecified atom stereocenters. The zero-order valence-electron chi connectivity index (χ0n) is 31.5. The summed E-state index contributed by atoms with van der Waals surface area (Å²) < 4.78 is 44.6. The highest BCUT2D eigenvalue weighted by Gasteiger charge is 2.56. The maximum atomic E-state index is 14.2. The largest absolute Gasteiger partial charge is 0.488 e. The molecule has 0 saturated carbocycles. The summed E-state index contributed by atoms with van der Waals surface area (Å²) in [6.45, 7) is 17.9. The number of esters is 1. The van der Waals surface area contributed by atoms with Crippen molar-refractivity contribution < 1.29 is 58.4 Å². The second-order valence-corrected chi connectivity index (χ2v) is 15.7. The fourth-order valence-electron chi connectivity index (χ4n) is 8.52. The first-order valence-electron chi connectivity index (χ1n) is 17.9. The van der Waals surface area contributed by atoms with E-state index < -0.39 is 95.8 Å². The van der Waals surface area contributed by atoms with Gasteiger partial charge in [0, 0.05) is 31.9 Å². The summed E-state index contributed by atoms with van der Waals surface area (Å²) in [6, 6.07) is -0.274. The summed E-state index contributed by atoms with van der Waals surface area (Å²) in [4.78, 5) is 14.2. The van der Waals surface area contributed by atoms with E-state index in [1.54, 1.807) is 34.7 Å². The van der Waals surface area contributed by atoms with Crippen molar-refractivity contribution in [2.24, 2.45) is 17.8 Å². The lowest BCUT2D eigenvalue weighted by Crippen LogP contribution is -2.60. The molecule has 0 aromatic rings. The number of likely N-dealkylation sites (N-methyl/N-ethyl adjacent to an activating group) is 1. The van der Waals surface area contributed by atoms with Crippen LogP contribution < -0.4 is 5.32 Å². The van der Waals surface area contributed by atoms with E-state index in [4.69, 9.17) is 33.2 Å². The van der Waals surface area contributed by atoms with Gasteiger partial charge in [0.2, 0.25) is 0 Å². The van der Waals surface area contributed by atoms with Crippen molar-refractivity contribution in [2.45, 2.75) is 179 Å². The predicted octanol–water partition coefficient (Wildman–Crippen LogP) is 2.55. The van der Waals surface area contributed by atoms with Gasteiger partial charge in [-0.05, 0) is 73.9 Å². The second kappa shape index (κ2) is 15.3. The Hall–Kier alpha value is -1.39. The highest BCUT2D eigenvalue weighted by Crippen LogP contribution is 2.48. The van der Waals surface area contributed by atoms with Gasteiger partial charge in [0.25, 0.3) is 0 Å². The molecule has 0 radical (unpaired) electrons. The van der Waals surface area contributed by atoms with Crippen molar-refractivity contribution in [1.29, 1.82) is 0 Å². The smallest absolute Gasteiger partial charge is 0.311 e. The van der Waals surface area contributed by atoms with Crippen molar-refractivity contribution in [3.05, 3.63) is 11.3 Å². The van der Waals surface area contributed by atoms with Gasteiger partial charge in [0.05, 0.1) is 41.9 Å². The molecular weight excluding hydrogens is 638 g/mol. The third-order valence-corrected chi connectivity index (χ3v) is 11.7. The first kappa shape index (κ1) is 40.4. The normalized spacial score (nSPS) is 47.1. The molecule has 0 spiro atoms. The van der Waals surface area contributed by atoms with Gasteiger partial charge in [-0.15, -0.1) is 0 Å². The van der Waals surface area contributed by atoms with E-state index >= 15 is 0 Å². The van der Waals surface area contributed by atoms with E-state index in [0.29, 0.717) is 18.6 Å². The Bertz CT molecular complexity index is 1180. The third-order valence-electron chi connectivity index (χ3n) is 11.7. The Morgan fingerprint density at radius 2 is 1.73 bits per heavy atom. The van der Waals surface area contributed by atoms with Gasteiger partial charge >= 0.3 is 5.97 Å². The summed E-state index contributed by atoms with van der Waals surface area (Å²) >= 11 is 0. The molecule has 13 heteroatoms. The summed E-state index contributed by atoms with van der Waals surface area (Å²) in [5.41, 5.74) is -2.95. The number of carbonyl (C=O) groups excluding carboxylic acids is 1. The van der Waals surface area contributed by atoms with Crippen LogP contribution in [0.4, 0.5) is 0 Å². The number of aliphatic hydroxyl groups is 4. The number of aliphatic hydroxyl groups excluding tert-OH is 3. The zero-order valence-corrected chi connectivity index (χ0v) is 31.5. The van der Waals surface area contributed by atoms with Crippen LogP contribution in [-0.4, -0.2) is 125 Å². The number of hydrogen-bond acceptors (Lipinski definition) is 13. The number of ether oxygens (including phenoxy) is 7. The lowest BCUT2D eigenvalue weighted by molar-refractivity contribution is -0.314. The molecule has 0 aliphatic carbocycles. The number of rotatable bonds is 9. The molecule has 4 aliphatic rings. The Balaban J connectivity index is 1.82. The first-order chi connectivity index (χ1) is 22.7. The maximum absolute atomic E-state index is 14.2. The van der Waals surface area contributed by atoms with Crippen LogP contribution in [0, 0.1) is 17.8 Å². The van der Waals surface area contributed by atoms with Crippen molar-refractivity contribution in [1.82, 2.24) is 5.32 Å². The SMILES string of the molecule is CC[C@H](O)[C@@](C)(O)[C@@H]1OC(=O)[C@H](C)[C@@H](O[C@H]2CC(C)(OC)[C@@H](O)C(C)O2)[C@H](C)[C@@H](O[C@@H]2OC(C)CC(NC)C2O)[C@@]2(C)CC(C)=C(O2)[C@@H]1C. The molecule has 2 bridgehead atoms. The van der Waals surface area contributed by atoms with E-state index in [2.05, 4.69) is 5.32 Å². The Morgan fingerprint density at radius 1 is 1.08 bits per heavy atom. The number of nitrogens with one attached hydrogen (secondary N) is 1. The molecule has 4 aliphatic heterocycles. The maximum Gasteiger partial charge on any atom is 0.311 e. The topological polar surface area (TPSA) is 175 Å². The van der Waals surface area contributed by atoms with Gasteiger partial charge < -0.3 is 58.9 Å². The van der Waals surface area contributed by atoms with Crippen molar-refractivity contribution in [3.8, 4) is 0 Å². The highest BCUT2D eigenvalue weighted by atomic mass is 16.7. The molecule has 13 nitrogen and oxygen atoms in total. The van der Waals surface area contributed by atoms with Crippen LogP contribution in [-0.2, 0) is 38.0 Å². The van der Waals surface area contributed by atoms with Crippen LogP contribution >= 0.6 is 0 Å². The van der Waals surface area contributed by atoms with Crippen molar-refractivity contribution in [3.63, 3.8) is 0 Å². The van der Waals surface area contributed by atoms with Gasteiger partial charge in [-0.1, -0.05) is 20.8 Å². The standard InChI is InChI=1S/C36H63NO12/c1-13-24(38)36(10,42)31-19(4)27-17(2)15-35(9,49-27)30(48-33-26(39)23(37-11)14-18(3)44-33)20(5)28(21(6)32(41)47-31)46-25-16-34(8,43-12)29(40)22(7)45-25/h18-26,28-31,33,37-40,42H,13-16H2,1-12H3/t18?,19-,20-,21+,22?,23?,24-,25-,26?,28-,29-,30+,31+,33-,34?,35+,36+/m0/s1. The molecule has 284 valence electrons. The quantitative estimate of drug-likeness (QED) is 0.222. The fraction of sp³-hybridized carbons (Fsp3) is 0.917. The molecule has 0 aromatic carbocycles. The Labute approximate surface area is 291 Å². The van der Waals surface area contributed by atoms with Crippen LogP contribution in [0.1, 0.15) is 94.9 Å². The van der Waals surface area contributed by atoms with E-state index in [1.807, 2.05) is 34.6 Å². The summed E-state index contributed by atoms with van der Waals surface area (Å²) in [7, 11) is 3.31. The van der Waals surface area contributed by atoms with E-state index in [1.165, 1.54) is 14.0 Å². The zero-order chi connectivity index (χ0) is 36.8. The lowest BCUT2D eigenvalue weighted by atomic mass is 9.78. The van der Waals surface area contributed by atoms with Gasteiger partial charge in [-0.3, -0.25) is 4.79 Å². The minimum absolute atomic E-state index is 0.174. The Morgan fingerprint density at radius 3 is 2.33 bits per heavy atom. The van der Waals surface area contributed by atoms with Crippen LogP contribution in [0.5, 0.6) is 0 Å². The Kier molecular flexibility index (Phi) is 12.6. The summed E-state index contributed by atoms with van der Waals surface area (Å²) in [5.74, 6) is -2.26. The van der Waals surface area contributed by atoms with Gasteiger partial charge in [0.1, 0.15) is 41.4 Å². The molecule has 0 aromatic heterocycles. The van der Waals surface area contributed by atoms with Crippen LogP contribution in [0.3, 0.4) is 0 Å². The fourth-order valence-corrected chi connectivity index (χ4v) is 8.52. The molecule has 17 atom stereocenters. The minimum Gasteiger partial charge on any atom is -0.488 e. The monoisotopic (exact) mass is 701 g/mol. The van der Waals surface area contributed by atoms with E-state index in [9.17, 15) is 25.2 Å². The minimum atomic E-state index is -1.82. The van der Waals surface area contributed by atoms with Gasteiger partial charge in [-0.25, -0.2) is 0 Å². The van der Waals surface area contributed by atoms with E-state index in [-0.39, 0.29) is 25.0 Å². The molecule has 4 heterocycles. The molecule has 3 saturated heterocycles. The van der Waals surface area contributed by atoms with Crippen molar-refractivity contribution in [2.75, 3.05) is 14.2 Å². The van der Waals surface area contributed by atoms with Crippen molar-refractivity contribution >= 4 is 5.97 Å². The average molecular weight is 702 g/mol. The predicted molar refractivity (Wildman–Crippen MR) is 179 cm³/mol. The summed E-state index contributed by atoms with van der Waals surface area (Å²) in [6.07, 6.45) is -7.29. The number of methoxy groups -OCH3 is 1. The number of carbonyl (C=O) groups is 1. The van der Waals surface area contributed by atoms with Crippen LogP contribution in [0.15, 0.2) is 11.3 Å². The molecule has 0 amide bonds. The number of fused-ring (bicyclic) bond motifs is 2. The average Bonchev–Trinajstić information content (AvgIpc) is 3.37. The summed E-state index contributed by atoms with van der Waals surface area (Å²) in [5, 5.41) is 48.1. The first-order valence-corrected chi connectivity index (χ1v) is 17.9. The third kappa shape index (κ3) is 7.86. The highest BCUT2D eigenvalue weighted by molar-refractivity contribution is 5.73. The van der Waals surface area contributed by atoms with Gasteiger partial charge in [-0.2, -0.15) is 0 Å². The second-order valence-electron chi connectivity index (χ2n) is 15.7. The molecule has 5 N–H and O–H groups in total. The number of hydrogen-bond donors (Lipinski definition) is 5. The molecule has 4 rings (SSSR count). The van der Waals surface area contributed by atoms with Crippen LogP contribution in [0.25, 0.3) is 0 Å². The lowest BCUT2D eigenvalue weighted by Gasteiger charge is -2.48.